The molecule has 13 heavy (non-hydrogen) atoms. The van der Waals surface area contributed by atoms with E-state index in [0.29, 0.717) is 6.10 Å². The number of nitrogens with zero attached hydrogens (tertiary/aromatic N) is 1. The number of hydrogen-bond acceptors (Lipinski definition) is 3. The van der Waals surface area contributed by atoms with Gasteiger partial charge in [-0.05, 0) is 12.8 Å². The predicted molar refractivity (Wildman–Crippen MR) is 59.4 cm³/mol. The normalized spacial score (nSPS) is 25.1. The first-order valence-corrected chi connectivity index (χ1v) is 6.11. The Morgan fingerprint density at radius 1 is 1.46 bits per heavy atom. The minimum absolute atomic E-state index is 0.431. The monoisotopic (exact) mass is 201 g/mol. The summed E-state index contributed by atoms with van der Waals surface area (Å²) in [5.41, 5.74) is 0. The zero-order valence-electron chi connectivity index (χ0n) is 8.58. The van der Waals surface area contributed by atoms with E-state index in [0.717, 1.165) is 11.0 Å². The van der Waals surface area contributed by atoms with Crippen molar-refractivity contribution in [1.82, 2.24) is 0 Å². The minimum atomic E-state index is 0.431. The van der Waals surface area contributed by atoms with E-state index in [1.54, 1.807) is 18.8 Å². The second-order valence-electron chi connectivity index (χ2n) is 3.39. The molecule has 2 nitrogen and oxygen atoms in total. The van der Waals surface area contributed by atoms with Gasteiger partial charge in [0, 0.05) is 12.8 Å². The number of unbranched alkanes of at least 4 members (excludes halogenated alkanes) is 3. The van der Waals surface area contributed by atoms with Crippen molar-refractivity contribution in [2.45, 2.75) is 45.1 Å². The molecule has 1 saturated heterocycles. The Kier molecular flexibility index (Phi) is 5.28. The Labute approximate surface area is 85.1 Å². The van der Waals surface area contributed by atoms with Gasteiger partial charge in [-0.15, -0.1) is 0 Å². The number of ether oxygens (including phenoxy) is 1. The standard InChI is InChI=1S/C10H19NOS/c1-3-4-5-6-7-9-8-13-10(11-2)12-9/h9H,3-8H2,1-2H3. The van der Waals surface area contributed by atoms with E-state index in [9.17, 15) is 0 Å². The lowest BCUT2D eigenvalue weighted by Crippen LogP contribution is -2.09. The SMILES string of the molecule is CCCCCCC1CSC(=NC)O1. The molecule has 1 aliphatic heterocycles. The van der Waals surface area contributed by atoms with Gasteiger partial charge in [0.05, 0.1) is 0 Å². The van der Waals surface area contributed by atoms with Gasteiger partial charge < -0.3 is 4.74 Å². The summed E-state index contributed by atoms with van der Waals surface area (Å²) in [4.78, 5) is 4.04. The van der Waals surface area contributed by atoms with Crippen molar-refractivity contribution >= 4 is 17.0 Å². The Morgan fingerprint density at radius 2 is 2.31 bits per heavy atom. The highest BCUT2D eigenvalue weighted by atomic mass is 32.2. The van der Waals surface area contributed by atoms with Crippen LogP contribution in [0.2, 0.25) is 0 Å². The van der Waals surface area contributed by atoms with E-state index < -0.39 is 0 Å². The van der Waals surface area contributed by atoms with Gasteiger partial charge in [0.1, 0.15) is 6.10 Å². The van der Waals surface area contributed by atoms with Gasteiger partial charge in [-0.2, -0.15) is 0 Å². The van der Waals surface area contributed by atoms with Gasteiger partial charge >= 0.3 is 0 Å². The summed E-state index contributed by atoms with van der Waals surface area (Å²) in [6.45, 7) is 2.24. The summed E-state index contributed by atoms with van der Waals surface area (Å²) >= 11 is 1.74. The number of rotatable bonds is 5. The molecule has 0 spiro atoms. The Hall–Kier alpha value is -0.180. The topological polar surface area (TPSA) is 21.6 Å². The third-order valence-electron chi connectivity index (χ3n) is 2.22. The highest BCUT2D eigenvalue weighted by Crippen LogP contribution is 2.23. The molecule has 1 heterocycles. The van der Waals surface area contributed by atoms with Gasteiger partial charge in [0.15, 0.2) is 0 Å². The van der Waals surface area contributed by atoms with Crippen LogP contribution < -0.4 is 0 Å². The van der Waals surface area contributed by atoms with Gasteiger partial charge in [-0.1, -0.05) is 37.9 Å². The molecule has 1 atom stereocenters. The van der Waals surface area contributed by atoms with Crippen LogP contribution >= 0.6 is 11.8 Å². The highest BCUT2D eigenvalue weighted by Gasteiger charge is 2.21. The van der Waals surface area contributed by atoms with Crippen LogP contribution in [0.1, 0.15) is 39.0 Å². The highest BCUT2D eigenvalue weighted by molar-refractivity contribution is 8.13. The molecule has 0 radical (unpaired) electrons. The first-order chi connectivity index (χ1) is 6.36. The zero-order valence-corrected chi connectivity index (χ0v) is 9.40. The van der Waals surface area contributed by atoms with Crippen LogP contribution in [0.25, 0.3) is 0 Å². The molecule has 3 heteroatoms. The number of aliphatic imine (C=N–C) groups is 1. The molecule has 0 N–H and O–H groups in total. The summed E-state index contributed by atoms with van der Waals surface area (Å²) in [7, 11) is 1.79. The molecule has 0 bridgehead atoms. The zero-order chi connectivity index (χ0) is 9.52. The van der Waals surface area contributed by atoms with E-state index in [-0.39, 0.29) is 0 Å². The van der Waals surface area contributed by atoms with Gasteiger partial charge in [0.2, 0.25) is 5.23 Å². The molecule has 76 valence electrons. The van der Waals surface area contributed by atoms with Crippen LogP contribution in [0.4, 0.5) is 0 Å². The molecular weight excluding hydrogens is 182 g/mol. The predicted octanol–water partition coefficient (Wildman–Crippen LogP) is 3.07. The molecular formula is C10H19NOS. The van der Waals surface area contributed by atoms with Gasteiger partial charge in [-0.3, -0.25) is 0 Å². The molecule has 1 aliphatic rings. The van der Waals surface area contributed by atoms with Crippen LogP contribution in [0.15, 0.2) is 4.99 Å². The minimum Gasteiger partial charge on any atom is -0.469 e. The van der Waals surface area contributed by atoms with Crippen LogP contribution in [-0.4, -0.2) is 24.1 Å². The van der Waals surface area contributed by atoms with Gasteiger partial charge in [0.25, 0.3) is 0 Å². The molecule has 0 saturated carbocycles. The number of hydrogen-bond donors (Lipinski definition) is 0. The van der Waals surface area contributed by atoms with Crippen LogP contribution in [-0.2, 0) is 4.74 Å². The van der Waals surface area contributed by atoms with E-state index >= 15 is 0 Å². The fourth-order valence-electron chi connectivity index (χ4n) is 1.43. The maximum Gasteiger partial charge on any atom is 0.245 e. The third-order valence-corrected chi connectivity index (χ3v) is 3.29. The fourth-order valence-corrected chi connectivity index (χ4v) is 2.33. The Balaban J connectivity index is 2.04. The second kappa shape index (κ2) is 6.30. The molecule has 0 aromatic heterocycles. The van der Waals surface area contributed by atoms with E-state index in [1.807, 2.05) is 0 Å². The Bertz CT molecular complexity index is 170. The van der Waals surface area contributed by atoms with Crippen molar-refractivity contribution in [3.05, 3.63) is 0 Å². The summed E-state index contributed by atoms with van der Waals surface area (Å²) in [6, 6.07) is 0. The smallest absolute Gasteiger partial charge is 0.245 e. The summed E-state index contributed by atoms with van der Waals surface area (Å²) in [5, 5.41) is 0.875. The van der Waals surface area contributed by atoms with E-state index in [2.05, 4.69) is 11.9 Å². The lowest BCUT2D eigenvalue weighted by molar-refractivity contribution is 0.214. The van der Waals surface area contributed by atoms with Crippen LogP contribution in [0.3, 0.4) is 0 Å². The van der Waals surface area contributed by atoms with Crippen LogP contribution in [0, 0.1) is 0 Å². The molecule has 0 aromatic carbocycles. The van der Waals surface area contributed by atoms with Crippen molar-refractivity contribution in [3.8, 4) is 0 Å². The first kappa shape index (κ1) is 10.9. The maximum atomic E-state index is 5.60. The van der Waals surface area contributed by atoms with Crippen molar-refractivity contribution < 1.29 is 4.74 Å². The quantitative estimate of drug-likeness (QED) is 0.638. The van der Waals surface area contributed by atoms with Crippen LogP contribution in [0.5, 0.6) is 0 Å². The molecule has 0 amide bonds. The average molecular weight is 201 g/mol. The first-order valence-electron chi connectivity index (χ1n) is 5.13. The molecule has 0 aliphatic carbocycles. The number of thioether (sulfide) groups is 1. The summed E-state index contributed by atoms with van der Waals surface area (Å²) < 4.78 is 5.60. The summed E-state index contributed by atoms with van der Waals surface area (Å²) in [5.74, 6) is 1.10. The summed E-state index contributed by atoms with van der Waals surface area (Å²) in [6.07, 6.45) is 6.94. The maximum absolute atomic E-state index is 5.60. The molecule has 1 fully saturated rings. The molecule has 0 aromatic rings. The largest absolute Gasteiger partial charge is 0.469 e. The van der Waals surface area contributed by atoms with E-state index in [1.165, 1.54) is 32.1 Å². The van der Waals surface area contributed by atoms with Crippen molar-refractivity contribution in [1.29, 1.82) is 0 Å². The van der Waals surface area contributed by atoms with Crippen molar-refractivity contribution in [2.75, 3.05) is 12.8 Å². The lowest BCUT2D eigenvalue weighted by Gasteiger charge is -2.07. The van der Waals surface area contributed by atoms with Crippen molar-refractivity contribution in [2.24, 2.45) is 4.99 Å². The Morgan fingerprint density at radius 3 is 2.92 bits per heavy atom. The molecule has 1 unspecified atom stereocenters. The van der Waals surface area contributed by atoms with Crippen molar-refractivity contribution in [3.63, 3.8) is 0 Å². The average Bonchev–Trinajstić information content (AvgIpc) is 2.60. The lowest BCUT2D eigenvalue weighted by atomic mass is 10.1. The molecule has 1 rings (SSSR count). The third kappa shape index (κ3) is 4.03. The second-order valence-corrected chi connectivity index (χ2v) is 4.36. The van der Waals surface area contributed by atoms with E-state index in [4.69, 9.17) is 4.74 Å². The van der Waals surface area contributed by atoms with Gasteiger partial charge in [-0.25, -0.2) is 4.99 Å². The fraction of sp³-hybridized carbons (Fsp3) is 0.900.